The Hall–Kier alpha value is -1.10. The largest absolute Gasteiger partial charge is 0.351 e. The van der Waals surface area contributed by atoms with E-state index < -0.39 is 0 Å². The van der Waals surface area contributed by atoms with Crippen LogP contribution in [-0.2, 0) is 9.59 Å². The molecule has 1 atom stereocenters. The van der Waals surface area contributed by atoms with E-state index in [0.717, 1.165) is 38.9 Å². The van der Waals surface area contributed by atoms with Gasteiger partial charge in [-0.1, -0.05) is 13.8 Å². The number of amides is 2. The second kappa shape index (κ2) is 8.51. The summed E-state index contributed by atoms with van der Waals surface area (Å²) < 4.78 is 0. The third-order valence-electron chi connectivity index (χ3n) is 4.87. The number of likely N-dealkylation sites (tertiary alicyclic amines) is 1. The van der Waals surface area contributed by atoms with Gasteiger partial charge in [-0.3, -0.25) is 9.59 Å². The van der Waals surface area contributed by atoms with Crippen LogP contribution in [0, 0.1) is 11.8 Å². The first-order valence-electron chi connectivity index (χ1n) is 8.85. The Morgan fingerprint density at radius 2 is 1.95 bits per heavy atom. The van der Waals surface area contributed by atoms with Crippen molar-refractivity contribution in [3.63, 3.8) is 0 Å². The maximum absolute atomic E-state index is 12.4. The first-order valence-corrected chi connectivity index (χ1v) is 8.85. The SMILES string of the molecule is CC(C)C(=O)NC1CCCN(C(=O)CCC2CCNCC2)C1. The van der Waals surface area contributed by atoms with Crippen LogP contribution in [-0.4, -0.2) is 48.9 Å². The third kappa shape index (κ3) is 5.27. The van der Waals surface area contributed by atoms with E-state index in [1.165, 1.54) is 12.8 Å². The van der Waals surface area contributed by atoms with Gasteiger partial charge in [0.25, 0.3) is 0 Å². The van der Waals surface area contributed by atoms with Crippen molar-refractivity contribution < 1.29 is 9.59 Å². The number of piperidine rings is 2. The van der Waals surface area contributed by atoms with Gasteiger partial charge in [-0.05, 0) is 51.1 Å². The molecule has 2 heterocycles. The average Bonchev–Trinajstić information content (AvgIpc) is 2.53. The Morgan fingerprint density at radius 3 is 2.64 bits per heavy atom. The highest BCUT2D eigenvalue weighted by Gasteiger charge is 2.25. The summed E-state index contributed by atoms with van der Waals surface area (Å²) in [6, 6.07) is 0.131. The lowest BCUT2D eigenvalue weighted by Gasteiger charge is -2.34. The summed E-state index contributed by atoms with van der Waals surface area (Å²) in [7, 11) is 0. The summed E-state index contributed by atoms with van der Waals surface area (Å²) in [5.74, 6) is 1.06. The molecule has 1 unspecified atom stereocenters. The van der Waals surface area contributed by atoms with E-state index in [0.29, 0.717) is 18.9 Å². The minimum atomic E-state index is 0.00555. The lowest BCUT2D eigenvalue weighted by molar-refractivity contribution is -0.134. The second-order valence-electron chi connectivity index (χ2n) is 7.07. The molecule has 2 aliphatic heterocycles. The monoisotopic (exact) mass is 309 g/mol. The summed E-state index contributed by atoms with van der Waals surface area (Å²) in [6.07, 6.45) is 6.04. The highest BCUT2D eigenvalue weighted by atomic mass is 16.2. The Kier molecular flexibility index (Phi) is 6.68. The summed E-state index contributed by atoms with van der Waals surface area (Å²) in [5, 5.41) is 6.43. The lowest BCUT2D eigenvalue weighted by Crippen LogP contribution is -2.50. The fourth-order valence-corrected chi connectivity index (χ4v) is 3.35. The van der Waals surface area contributed by atoms with Gasteiger partial charge < -0.3 is 15.5 Å². The number of carbonyl (C=O) groups excluding carboxylic acids is 2. The normalized spacial score (nSPS) is 23.6. The molecule has 5 nitrogen and oxygen atoms in total. The van der Waals surface area contributed by atoms with Crippen molar-refractivity contribution in [3.8, 4) is 0 Å². The third-order valence-corrected chi connectivity index (χ3v) is 4.87. The standard InChI is InChI=1S/C17H31N3O2/c1-13(2)17(22)19-15-4-3-11-20(12-15)16(21)6-5-14-7-9-18-10-8-14/h13-15,18H,3-12H2,1-2H3,(H,19,22). The molecule has 22 heavy (non-hydrogen) atoms. The molecule has 0 aromatic heterocycles. The van der Waals surface area contributed by atoms with Gasteiger partial charge in [-0.15, -0.1) is 0 Å². The van der Waals surface area contributed by atoms with Crippen LogP contribution < -0.4 is 10.6 Å². The zero-order valence-corrected chi connectivity index (χ0v) is 14.1. The van der Waals surface area contributed by atoms with Crippen LogP contribution in [0.15, 0.2) is 0 Å². The van der Waals surface area contributed by atoms with Crippen molar-refractivity contribution in [1.82, 2.24) is 15.5 Å². The van der Waals surface area contributed by atoms with Gasteiger partial charge in [0, 0.05) is 31.5 Å². The van der Waals surface area contributed by atoms with Gasteiger partial charge in [0.15, 0.2) is 0 Å². The second-order valence-corrected chi connectivity index (χ2v) is 7.07. The van der Waals surface area contributed by atoms with Crippen LogP contribution in [0.2, 0.25) is 0 Å². The molecule has 0 saturated carbocycles. The quantitative estimate of drug-likeness (QED) is 0.809. The summed E-state index contributed by atoms with van der Waals surface area (Å²) >= 11 is 0. The molecular weight excluding hydrogens is 278 g/mol. The van der Waals surface area contributed by atoms with Crippen molar-refractivity contribution in [2.24, 2.45) is 11.8 Å². The van der Waals surface area contributed by atoms with E-state index in [2.05, 4.69) is 10.6 Å². The Labute approximate surface area is 134 Å². The minimum Gasteiger partial charge on any atom is -0.351 e. The molecule has 2 saturated heterocycles. The van der Waals surface area contributed by atoms with Crippen LogP contribution in [0.4, 0.5) is 0 Å². The van der Waals surface area contributed by atoms with Crippen LogP contribution in [0.5, 0.6) is 0 Å². The van der Waals surface area contributed by atoms with Crippen LogP contribution >= 0.6 is 0 Å². The van der Waals surface area contributed by atoms with E-state index in [-0.39, 0.29) is 23.8 Å². The first-order chi connectivity index (χ1) is 10.6. The molecular formula is C17H31N3O2. The number of hydrogen-bond donors (Lipinski definition) is 2. The number of nitrogens with zero attached hydrogens (tertiary/aromatic N) is 1. The Morgan fingerprint density at radius 1 is 1.23 bits per heavy atom. The van der Waals surface area contributed by atoms with Crippen molar-refractivity contribution in [3.05, 3.63) is 0 Å². The summed E-state index contributed by atoms with van der Waals surface area (Å²) in [4.78, 5) is 26.2. The number of hydrogen-bond acceptors (Lipinski definition) is 3. The van der Waals surface area contributed by atoms with Gasteiger partial charge in [0.2, 0.25) is 11.8 Å². The molecule has 0 radical (unpaired) electrons. The van der Waals surface area contributed by atoms with Crippen molar-refractivity contribution in [2.45, 2.75) is 58.4 Å². The summed E-state index contributed by atoms with van der Waals surface area (Å²) in [6.45, 7) is 7.51. The van der Waals surface area contributed by atoms with Crippen molar-refractivity contribution >= 4 is 11.8 Å². The Bertz CT molecular complexity index is 378. The Balaban J connectivity index is 1.73. The van der Waals surface area contributed by atoms with Crippen molar-refractivity contribution in [2.75, 3.05) is 26.2 Å². The van der Waals surface area contributed by atoms with E-state index in [9.17, 15) is 9.59 Å². The number of carbonyl (C=O) groups is 2. The predicted octanol–water partition coefficient (Wildman–Crippen LogP) is 1.53. The van der Waals surface area contributed by atoms with E-state index >= 15 is 0 Å². The number of rotatable bonds is 5. The lowest BCUT2D eigenvalue weighted by atomic mass is 9.92. The van der Waals surface area contributed by atoms with Gasteiger partial charge in [0.1, 0.15) is 0 Å². The zero-order valence-electron chi connectivity index (χ0n) is 14.1. The molecule has 2 aliphatic rings. The maximum Gasteiger partial charge on any atom is 0.222 e. The highest BCUT2D eigenvalue weighted by Crippen LogP contribution is 2.19. The van der Waals surface area contributed by atoms with Gasteiger partial charge in [-0.25, -0.2) is 0 Å². The average molecular weight is 309 g/mol. The van der Waals surface area contributed by atoms with Gasteiger partial charge in [0.05, 0.1) is 0 Å². The molecule has 2 fully saturated rings. The molecule has 0 aromatic rings. The molecule has 2 amide bonds. The molecule has 0 spiro atoms. The molecule has 5 heteroatoms. The highest BCUT2D eigenvalue weighted by molar-refractivity contribution is 5.79. The minimum absolute atomic E-state index is 0.00555. The van der Waals surface area contributed by atoms with Gasteiger partial charge >= 0.3 is 0 Å². The molecule has 0 aliphatic carbocycles. The zero-order chi connectivity index (χ0) is 15.9. The molecule has 0 aromatic carbocycles. The topological polar surface area (TPSA) is 61.4 Å². The fraction of sp³-hybridized carbons (Fsp3) is 0.882. The molecule has 2 rings (SSSR count). The van der Waals surface area contributed by atoms with Crippen molar-refractivity contribution in [1.29, 1.82) is 0 Å². The molecule has 2 N–H and O–H groups in total. The van der Waals surface area contributed by atoms with Crippen LogP contribution in [0.3, 0.4) is 0 Å². The first kappa shape index (κ1) is 17.3. The van der Waals surface area contributed by atoms with Crippen LogP contribution in [0.1, 0.15) is 52.4 Å². The molecule has 0 bridgehead atoms. The molecule has 126 valence electrons. The van der Waals surface area contributed by atoms with E-state index in [4.69, 9.17) is 0 Å². The smallest absolute Gasteiger partial charge is 0.222 e. The van der Waals surface area contributed by atoms with E-state index in [1.807, 2.05) is 18.7 Å². The van der Waals surface area contributed by atoms with Gasteiger partial charge in [-0.2, -0.15) is 0 Å². The number of nitrogens with one attached hydrogen (secondary N) is 2. The van der Waals surface area contributed by atoms with Crippen LogP contribution in [0.25, 0.3) is 0 Å². The van der Waals surface area contributed by atoms with E-state index in [1.54, 1.807) is 0 Å². The predicted molar refractivity (Wildman–Crippen MR) is 87.4 cm³/mol. The maximum atomic E-state index is 12.4. The summed E-state index contributed by atoms with van der Waals surface area (Å²) in [5.41, 5.74) is 0. The fourth-order valence-electron chi connectivity index (χ4n) is 3.35.